The van der Waals surface area contributed by atoms with Gasteiger partial charge in [0.1, 0.15) is 18.0 Å². The Labute approximate surface area is 120 Å². The molecule has 1 aliphatic heterocycles. The quantitative estimate of drug-likeness (QED) is 0.838. The number of aromatic nitrogens is 2. The van der Waals surface area contributed by atoms with Gasteiger partial charge >= 0.3 is 0 Å². The summed E-state index contributed by atoms with van der Waals surface area (Å²) < 4.78 is 0. The number of thioether (sulfide) groups is 1. The van der Waals surface area contributed by atoms with Crippen molar-refractivity contribution in [3.8, 4) is 0 Å². The monoisotopic (exact) mass is 280 g/mol. The molecule has 2 rings (SSSR count). The second-order valence-electron chi connectivity index (χ2n) is 5.28. The molecule has 1 saturated heterocycles. The van der Waals surface area contributed by atoms with Gasteiger partial charge in [0.05, 0.1) is 0 Å². The Balaban J connectivity index is 2.11. The van der Waals surface area contributed by atoms with Crippen molar-refractivity contribution in [1.82, 2.24) is 9.97 Å². The molecule has 1 atom stereocenters. The third-order valence-electron chi connectivity index (χ3n) is 3.39. The highest BCUT2D eigenvalue weighted by Crippen LogP contribution is 2.29. The van der Waals surface area contributed by atoms with Crippen LogP contribution in [0.1, 0.15) is 38.7 Å². The summed E-state index contributed by atoms with van der Waals surface area (Å²) in [4.78, 5) is 8.80. The lowest BCUT2D eigenvalue weighted by atomic mass is 10.0. The first kappa shape index (κ1) is 14.4. The highest BCUT2D eigenvalue weighted by Gasteiger charge is 2.18. The first-order valence-electron chi connectivity index (χ1n) is 7.12. The van der Waals surface area contributed by atoms with Crippen LogP contribution in [0.25, 0.3) is 0 Å². The number of nitrogens with zero attached hydrogens (tertiary/aromatic N) is 2. The van der Waals surface area contributed by atoms with Crippen LogP contribution in [0.4, 0.5) is 11.6 Å². The lowest BCUT2D eigenvalue weighted by Crippen LogP contribution is -2.17. The predicted octanol–water partition coefficient (Wildman–Crippen LogP) is 3.20. The summed E-state index contributed by atoms with van der Waals surface area (Å²) in [7, 11) is 0. The van der Waals surface area contributed by atoms with Crippen molar-refractivity contribution in [3.63, 3.8) is 0 Å². The van der Waals surface area contributed by atoms with Crippen LogP contribution in [0.2, 0.25) is 0 Å². The van der Waals surface area contributed by atoms with Crippen molar-refractivity contribution in [2.24, 2.45) is 5.92 Å². The lowest BCUT2D eigenvalue weighted by molar-refractivity contribution is 0.629. The summed E-state index contributed by atoms with van der Waals surface area (Å²) in [6, 6.07) is 0. The number of anilines is 2. The summed E-state index contributed by atoms with van der Waals surface area (Å²) in [6.45, 7) is 8.38. The van der Waals surface area contributed by atoms with E-state index in [2.05, 4.69) is 53.1 Å². The molecule has 1 fully saturated rings. The molecule has 5 heteroatoms. The fourth-order valence-corrected chi connectivity index (χ4v) is 3.66. The number of hydrogen-bond donors (Lipinski definition) is 2. The predicted molar refractivity (Wildman–Crippen MR) is 84.2 cm³/mol. The largest absolute Gasteiger partial charge is 0.370 e. The number of rotatable bonds is 6. The lowest BCUT2D eigenvalue weighted by Gasteiger charge is -2.18. The third-order valence-corrected chi connectivity index (χ3v) is 4.62. The molecule has 0 bridgehead atoms. The van der Waals surface area contributed by atoms with Gasteiger partial charge in [0, 0.05) is 18.7 Å². The minimum atomic E-state index is 0.413. The van der Waals surface area contributed by atoms with Crippen LogP contribution in [-0.2, 0) is 0 Å². The fourth-order valence-electron chi connectivity index (χ4n) is 2.38. The molecule has 4 nitrogen and oxygen atoms in total. The van der Waals surface area contributed by atoms with E-state index in [1.54, 1.807) is 6.33 Å². The Morgan fingerprint density at radius 1 is 1.32 bits per heavy atom. The van der Waals surface area contributed by atoms with Gasteiger partial charge in [-0.1, -0.05) is 13.8 Å². The van der Waals surface area contributed by atoms with Crippen LogP contribution >= 0.6 is 11.8 Å². The van der Waals surface area contributed by atoms with E-state index >= 15 is 0 Å². The zero-order valence-electron chi connectivity index (χ0n) is 12.1. The van der Waals surface area contributed by atoms with Crippen molar-refractivity contribution in [2.75, 3.05) is 35.2 Å². The SMILES string of the molecule is CCNc1ncnc(NCC2CCSC2)c1C(C)C. The van der Waals surface area contributed by atoms with Crippen LogP contribution in [0, 0.1) is 5.92 Å². The van der Waals surface area contributed by atoms with E-state index in [4.69, 9.17) is 0 Å². The highest BCUT2D eigenvalue weighted by molar-refractivity contribution is 7.99. The first-order chi connectivity index (χ1) is 9.22. The molecule has 19 heavy (non-hydrogen) atoms. The fraction of sp³-hybridized carbons (Fsp3) is 0.714. The molecule has 2 N–H and O–H groups in total. The molecule has 0 amide bonds. The van der Waals surface area contributed by atoms with E-state index < -0.39 is 0 Å². The summed E-state index contributed by atoms with van der Waals surface area (Å²) in [5.41, 5.74) is 1.20. The minimum absolute atomic E-state index is 0.413. The molecule has 1 aromatic heterocycles. The van der Waals surface area contributed by atoms with E-state index in [1.165, 1.54) is 23.5 Å². The third kappa shape index (κ3) is 3.75. The van der Waals surface area contributed by atoms with Crippen molar-refractivity contribution < 1.29 is 0 Å². The topological polar surface area (TPSA) is 49.8 Å². The Morgan fingerprint density at radius 3 is 2.63 bits per heavy atom. The van der Waals surface area contributed by atoms with E-state index in [1.807, 2.05) is 0 Å². The molecule has 0 aliphatic carbocycles. The van der Waals surface area contributed by atoms with Crippen molar-refractivity contribution in [1.29, 1.82) is 0 Å². The highest BCUT2D eigenvalue weighted by atomic mass is 32.2. The molecular weight excluding hydrogens is 256 g/mol. The number of nitrogens with one attached hydrogen (secondary N) is 2. The van der Waals surface area contributed by atoms with Gasteiger partial charge in [-0.15, -0.1) is 0 Å². The van der Waals surface area contributed by atoms with E-state index in [-0.39, 0.29) is 0 Å². The minimum Gasteiger partial charge on any atom is -0.370 e. The molecule has 0 spiro atoms. The normalized spacial score (nSPS) is 18.8. The molecule has 0 radical (unpaired) electrons. The standard InChI is InChI=1S/C14H24N4S/c1-4-15-13-12(10(2)3)14(18-9-17-13)16-7-11-5-6-19-8-11/h9-11H,4-8H2,1-3H3,(H2,15,16,17,18). The molecule has 0 aromatic carbocycles. The summed E-state index contributed by atoms with van der Waals surface area (Å²) >= 11 is 2.05. The molecule has 1 unspecified atom stereocenters. The summed E-state index contributed by atoms with van der Waals surface area (Å²) in [5.74, 6) is 5.73. The van der Waals surface area contributed by atoms with Crippen LogP contribution in [-0.4, -0.2) is 34.6 Å². The van der Waals surface area contributed by atoms with Gasteiger partial charge in [0.25, 0.3) is 0 Å². The molecule has 106 valence electrons. The van der Waals surface area contributed by atoms with E-state index in [0.717, 1.165) is 30.6 Å². The van der Waals surface area contributed by atoms with Gasteiger partial charge in [-0.25, -0.2) is 9.97 Å². The van der Waals surface area contributed by atoms with Gasteiger partial charge in [0.15, 0.2) is 0 Å². The van der Waals surface area contributed by atoms with Crippen LogP contribution in [0.3, 0.4) is 0 Å². The average molecular weight is 280 g/mol. The smallest absolute Gasteiger partial charge is 0.134 e. The van der Waals surface area contributed by atoms with Gasteiger partial charge in [-0.2, -0.15) is 11.8 Å². The molecular formula is C14H24N4S. The van der Waals surface area contributed by atoms with E-state index in [0.29, 0.717) is 5.92 Å². The summed E-state index contributed by atoms with van der Waals surface area (Å²) in [5, 5.41) is 6.86. The Bertz CT molecular complexity index is 402. The summed E-state index contributed by atoms with van der Waals surface area (Å²) in [6.07, 6.45) is 2.97. The second-order valence-corrected chi connectivity index (χ2v) is 6.43. The Hall–Kier alpha value is -0.970. The van der Waals surface area contributed by atoms with Crippen LogP contribution in [0.15, 0.2) is 6.33 Å². The van der Waals surface area contributed by atoms with E-state index in [9.17, 15) is 0 Å². The number of hydrogen-bond acceptors (Lipinski definition) is 5. The zero-order chi connectivity index (χ0) is 13.7. The maximum atomic E-state index is 4.43. The Morgan fingerprint density at radius 2 is 2.05 bits per heavy atom. The van der Waals surface area contributed by atoms with Crippen molar-refractivity contribution in [3.05, 3.63) is 11.9 Å². The maximum absolute atomic E-state index is 4.43. The maximum Gasteiger partial charge on any atom is 0.134 e. The molecule has 0 saturated carbocycles. The van der Waals surface area contributed by atoms with Crippen molar-refractivity contribution >= 4 is 23.4 Å². The first-order valence-corrected chi connectivity index (χ1v) is 8.28. The van der Waals surface area contributed by atoms with Gasteiger partial charge in [-0.3, -0.25) is 0 Å². The van der Waals surface area contributed by atoms with Crippen LogP contribution < -0.4 is 10.6 Å². The zero-order valence-corrected chi connectivity index (χ0v) is 12.9. The average Bonchev–Trinajstić information content (AvgIpc) is 2.89. The second kappa shape index (κ2) is 6.98. The van der Waals surface area contributed by atoms with Crippen molar-refractivity contribution in [2.45, 2.75) is 33.1 Å². The molecule has 1 aliphatic rings. The molecule has 2 heterocycles. The van der Waals surface area contributed by atoms with Gasteiger partial charge in [0.2, 0.25) is 0 Å². The Kier molecular flexibility index (Phi) is 5.31. The molecule has 1 aromatic rings. The van der Waals surface area contributed by atoms with Gasteiger partial charge in [-0.05, 0) is 36.7 Å². The van der Waals surface area contributed by atoms with Gasteiger partial charge < -0.3 is 10.6 Å². The van der Waals surface area contributed by atoms with Crippen LogP contribution in [0.5, 0.6) is 0 Å².